The van der Waals surface area contributed by atoms with E-state index in [4.69, 9.17) is 16.3 Å². The average Bonchev–Trinajstić information content (AvgIpc) is 2.41. The predicted octanol–water partition coefficient (Wildman–Crippen LogP) is 4.73. The van der Waals surface area contributed by atoms with Gasteiger partial charge < -0.3 is 10.1 Å². The quantitative estimate of drug-likeness (QED) is 0.712. The first-order chi connectivity index (χ1) is 9.63. The number of halogens is 2. The molecule has 0 spiro atoms. The fourth-order valence-corrected chi connectivity index (χ4v) is 2.50. The van der Waals surface area contributed by atoms with E-state index in [0.717, 1.165) is 25.8 Å². The highest BCUT2D eigenvalue weighted by Gasteiger charge is 2.25. The Morgan fingerprint density at radius 2 is 2.00 bits per heavy atom. The molecule has 0 saturated carbocycles. The van der Waals surface area contributed by atoms with Crippen LogP contribution in [0.3, 0.4) is 0 Å². The van der Waals surface area contributed by atoms with E-state index < -0.39 is 0 Å². The van der Waals surface area contributed by atoms with Gasteiger partial charge in [0, 0.05) is 17.2 Å². The summed E-state index contributed by atoms with van der Waals surface area (Å²) in [6, 6.07) is 4.72. The molecule has 0 bridgehead atoms. The highest BCUT2D eigenvalue weighted by molar-refractivity contribution is 6.30. The van der Waals surface area contributed by atoms with Crippen molar-refractivity contribution in [1.82, 2.24) is 5.32 Å². The lowest BCUT2D eigenvalue weighted by molar-refractivity contribution is 0.0267. The molecule has 114 valence electrons. The van der Waals surface area contributed by atoms with E-state index in [0.29, 0.717) is 17.2 Å². The number of ether oxygens (including phenoxy) is 1. The number of benzene rings is 1. The largest absolute Gasteiger partial charge is 0.377 e. The van der Waals surface area contributed by atoms with Crippen LogP contribution in [0.2, 0.25) is 5.02 Å². The van der Waals surface area contributed by atoms with Gasteiger partial charge in [-0.3, -0.25) is 0 Å². The first kappa shape index (κ1) is 17.4. The van der Waals surface area contributed by atoms with Crippen molar-refractivity contribution in [3.63, 3.8) is 0 Å². The van der Waals surface area contributed by atoms with Gasteiger partial charge in [-0.2, -0.15) is 0 Å². The molecule has 0 radical (unpaired) electrons. The minimum atomic E-state index is -0.271. The SMILES string of the molecule is CCCNC(c1ccc(Cl)cc1F)C(CCC)OCC. The fraction of sp³-hybridized carbons (Fsp3) is 0.625. The molecule has 0 saturated heterocycles. The molecule has 0 heterocycles. The summed E-state index contributed by atoms with van der Waals surface area (Å²) in [7, 11) is 0. The second kappa shape index (κ2) is 9.32. The summed E-state index contributed by atoms with van der Waals surface area (Å²) in [4.78, 5) is 0. The second-order valence-corrected chi connectivity index (χ2v) is 5.32. The molecule has 0 fully saturated rings. The summed E-state index contributed by atoms with van der Waals surface area (Å²) in [6.07, 6.45) is 2.88. The molecule has 1 N–H and O–H groups in total. The summed E-state index contributed by atoms with van der Waals surface area (Å²) in [6.45, 7) is 7.64. The molecule has 0 aliphatic carbocycles. The van der Waals surface area contributed by atoms with Crippen LogP contribution in [0.1, 0.15) is 51.6 Å². The van der Waals surface area contributed by atoms with Gasteiger partial charge in [0.1, 0.15) is 5.82 Å². The molecule has 0 aliphatic heterocycles. The topological polar surface area (TPSA) is 21.3 Å². The van der Waals surface area contributed by atoms with Gasteiger partial charge in [-0.25, -0.2) is 4.39 Å². The molecule has 2 nitrogen and oxygen atoms in total. The van der Waals surface area contributed by atoms with Crippen molar-refractivity contribution in [2.75, 3.05) is 13.2 Å². The zero-order valence-electron chi connectivity index (χ0n) is 12.6. The first-order valence-corrected chi connectivity index (χ1v) is 7.81. The lowest BCUT2D eigenvalue weighted by Crippen LogP contribution is -2.35. The van der Waals surface area contributed by atoms with Gasteiger partial charge in [-0.1, -0.05) is 37.9 Å². The van der Waals surface area contributed by atoms with Crippen molar-refractivity contribution in [1.29, 1.82) is 0 Å². The van der Waals surface area contributed by atoms with Gasteiger partial charge in [0.2, 0.25) is 0 Å². The lowest BCUT2D eigenvalue weighted by Gasteiger charge is -2.28. The summed E-state index contributed by atoms with van der Waals surface area (Å²) >= 11 is 5.84. The average molecular weight is 302 g/mol. The Labute approximate surface area is 126 Å². The van der Waals surface area contributed by atoms with Crippen LogP contribution in [0.15, 0.2) is 18.2 Å². The van der Waals surface area contributed by atoms with E-state index in [1.165, 1.54) is 6.07 Å². The minimum absolute atomic E-state index is 0.0211. The molecule has 4 heteroatoms. The Kier molecular flexibility index (Phi) is 8.12. The van der Waals surface area contributed by atoms with Gasteiger partial charge in [0.25, 0.3) is 0 Å². The van der Waals surface area contributed by atoms with Crippen LogP contribution in [0.25, 0.3) is 0 Å². The van der Waals surface area contributed by atoms with Crippen molar-refractivity contribution in [3.8, 4) is 0 Å². The van der Waals surface area contributed by atoms with Crippen molar-refractivity contribution in [3.05, 3.63) is 34.6 Å². The van der Waals surface area contributed by atoms with Gasteiger partial charge in [-0.05, 0) is 38.4 Å². The van der Waals surface area contributed by atoms with Crippen LogP contribution >= 0.6 is 11.6 Å². The van der Waals surface area contributed by atoms with Crippen LogP contribution in [0.5, 0.6) is 0 Å². The maximum Gasteiger partial charge on any atom is 0.129 e. The monoisotopic (exact) mass is 301 g/mol. The zero-order chi connectivity index (χ0) is 15.0. The van der Waals surface area contributed by atoms with Crippen LogP contribution < -0.4 is 5.32 Å². The molecular formula is C16H25ClFNO. The fourth-order valence-electron chi connectivity index (χ4n) is 2.34. The second-order valence-electron chi connectivity index (χ2n) is 4.88. The van der Waals surface area contributed by atoms with E-state index >= 15 is 0 Å². The Balaban J connectivity index is 3.01. The summed E-state index contributed by atoms with van der Waals surface area (Å²) in [5.74, 6) is -0.271. The standard InChI is InChI=1S/C16H25ClFNO/c1-4-7-15(20-6-3)16(19-10-5-2)13-9-8-12(17)11-14(13)18/h8-9,11,15-16,19H,4-7,10H2,1-3H3. The molecule has 20 heavy (non-hydrogen) atoms. The summed E-state index contributed by atoms with van der Waals surface area (Å²) in [5, 5.41) is 3.83. The lowest BCUT2D eigenvalue weighted by atomic mass is 9.97. The number of rotatable bonds is 9. The predicted molar refractivity (Wildman–Crippen MR) is 82.8 cm³/mol. The zero-order valence-corrected chi connectivity index (χ0v) is 13.3. The molecular weight excluding hydrogens is 277 g/mol. The maximum atomic E-state index is 14.2. The van der Waals surface area contributed by atoms with Crippen molar-refractivity contribution in [2.45, 2.75) is 52.2 Å². The number of hydrogen-bond donors (Lipinski definition) is 1. The Bertz CT molecular complexity index is 394. The number of nitrogens with one attached hydrogen (secondary N) is 1. The first-order valence-electron chi connectivity index (χ1n) is 7.43. The van der Waals surface area contributed by atoms with Gasteiger partial charge >= 0.3 is 0 Å². The molecule has 1 aromatic rings. The van der Waals surface area contributed by atoms with Crippen LogP contribution in [-0.2, 0) is 4.74 Å². The Morgan fingerprint density at radius 1 is 1.25 bits per heavy atom. The van der Waals surface area contributed by atoms with Gasteiger partial charge in [-0.15, -0.1) is 0 Å². The van der Waals surface area contributed by atoms with Crippen molar-refractivity contribution in [2.24, 2.45) is 0 Å². The van der Waals surface area contributed by atoms with E-state index in [-0.39, 0.29) is 18.0 Å². The van der Waals surface area contributed by atoms with E-state index in [9.17, 15) is 4.39 Å². The normalized spacial score (nSPS) is 14.2. The third kappa shape index (κ3) is 5.04. The molecule has 0 aromatic heterocycles. The van der Waals surface area contributed by atoms with Crippen molar-refractivity contribution < 1.29 is 9.13 Å². The minimum Gasteiger partial charge on any atom is -0.377 e. The molecule has 1 aromatic carbocycles. The van der Waals surface area contributed by atoms with E-state index in [2.05, 4.69) is 19.2 Å². The van der Waals surface area contributed by atoms with E-state index in [1.54, 1.807) is 12.1 Å². The molecule has 1 rings (SSSR count). The highest BCUT2D eigenvalue weighted by Crippen LogP contribution is 2.27. The molecule has 2 atom stereocenters. The number of hydrogen-bond acceptors (Lipinski definition) is 2. The highest BCUT2D eigenvalue weighted by atomic mass is 35.5. The molecule has 0 aliphatic rings. The maximum absolute atomic E-state index is 14.2. The molecule has 2 unspecified atom stereocenters. The Morgan fingerprint density at radius 3 is 2.55 bits per heavy atom. The molecule has 0 amide bonds. The van der Waals surface area contributed by atoms with Gasteiger partial charge in [0.15, 0.2) is 0 Å². The van der Waals surface area contributed by atoms with E-state index in [1.807, 2.05) is 6.92 Å². The summed E-state index contributed by atoms with van der Waals surface area (Å²) < 4.78 is 20.0. The third-order valence-electron chi connectivity index (χ3n) is 3.24. The van der Waals surface area contributed by atoms with Crippen LogP contribution in [0, 0.1) is 5.82 Å². The van der Waals surface area contributed by atoms with Crippen molar-refractivity contribution >= 4 is 11.6 Å². The Hall–Kier alpha value is -0.640. The smallest absolute Gasteiger partial charge is 0.129 e. The van der Waals surface area contributed by atoms with Crippen LogP contribution in [0.4, 0.5) is 4.39 Å². The summed E-state index contributed by atoms with van der Waals surface area (Å²) in [5.41, 5.74) is 0.634. The third-order valence-corrected chi connectivity index (χ3v) is 3.47. The van der Waals surface area contributed by atoms with Crippen LogP contribution in [-0.4, -0.2) is 19.3 Å². The van der Waals surface area contributed by atoms with Gasteiger partial charge in [0.05, 0.1) is 12.1 Å².